The minimum absolute atomic E-state index is 0.107. The smallest absolute Gasteiger partial charge is 0.203 e. The van der Waals surface area contributed by atoms with Crippen molar-refractivity contribution in [3.63, 3.8) is 0 Å². The molecule has 6 nitrogen and oxygen atoms in total. The average Bonchev–Trinajstić information content (AvgIpc) is 3.09. The van der Waals surface area contributed by atoms with Crippen molar-refractivity contribution in [2.75, 3.05) is 28.4 Å². The Kier molecular flexibility index (Phi) is 5.78. The number of ketones is 1. The largest absolute Gasteiger partial charge is 0.497 e. The molecule has 6 heteroatoms. The first-order valence-electron chi connectivity index (χ1n) is 9.09. The Morgan fingerprint density at radius 1 is 0.929 bits per heavy atom. The van der Waals surface area contributed by atoms with Crippen LogP contribution in [0.1, 0.15) is 29.3 Å². The normalized spacial score (nSPS) is 10.8. The van der Waals surface area contributed by atoms with E-state index in [0.29, 0.717) is 28.4 Å². The molecule has 0 N–H and O–H groups in total. The van der Waals surface area contributed by atoms with Crippen LogP contribution in [0.2, 0.25) is 0 Å². The van der Waals surface area contributed by atoms with Crippen LogP contribution in [0.25, 0.3) is 10.9 Å². The van der Waals surface area contributed by atoms with Crippen molar-refractivity contribution in [2.24, 2.45) is 0 Å². The van der Waals surface area contributed by atoms with Crippen molar-refractivity contribution in [3.8, 4) is 23.0 Å². The Bertz CT molecular complexity index is 981. The summed E-state index contributed by atoms with van der Waals surface area (Å²) in [6.45, 7) is 2.92. The molecule has 3 aromatic rings. The highest BCUT2D eigenvalue weighted by molar-refractivity contribution is 6.17. The highest BCUT2D eigenvalue weighted by Crippen LogP contribution is 2.39. The topological polar surface area (TPSA) is 58.9 Å². The van der Waals surface area contributed by atoms with E-state index in [2.05, 4.69) is 11.5 Å². The molecule has 3 rings (SSSR count). The number of aryl methyl sites for hydroxylation is 1. The van der Waals surface area contributed by atoms with Gasteiger partial charge >= 0.3 is 0 Å². The number of aromatic nitrogens is 1. The minimum atomic E-state index is -0.107. The molecule has 0 radical (unpaired) electrons. The van der Waals surface area contributed by atoms with Crippen LogP contribution < -0.4 is 18.9 Å². The molecule has 148 valence electrons. The van der Waals surface area contributed by atoms with Gasteiger partial charge in [-0.1, -0.05) is 6.92 Å². The van der Waals surface area contributed by atoms with E-state index in [1.807, 2.05) is 24.4 Å². The number of ether oxygens (including phenoxy) is 4. The van der Waals surface area contributed by atoms with Crippen LogP contribution in [0.15, 0.2) is 36.5 Å². The lowest BCUT2D eigenvalue weighted by molar-refractivity contribution is 0.103. The summed E-state index contributed by atoms with van der Waals surface area (Å²) < 4.78 is 23.6. The molecule has 0 amide bonds. The van der Waals surface area contributed by atoms with Crippen LogP contribution in [0.5, 0.6) is 23.0 Å². The molecule has 0 aliphatic carbocycles. The Hall–Kier alpha value is -3.15. The minimum Gasteiger partial charge on any atom is -0.497 e. The summed E-state index contributed by atoms with van der Waals surface area (Å²) in [6.07, 6.45) is 2.86. The number of benzene rings is 2. The monoisotopic (exact) mass is 383 g/mol. The molecule has 0 aliphatic heterocycles. The average molecular weight is 383 g/mol. The Morgan fingerprint density at radius 2 is 1.61 bits per heavy atom. The highest BCUT2D eigenvalue weighted by Gasteiger charge is 2.21. The maximum absolute atomic E-state index is 13.4. The fourth-order valence-electron chi connectivity index (χ4n) is 3.37. The first-order chi connectivity index (χ1) is 13.6. The van der Waals surface area contributed by atoms with Gasteiger partial charge in [0.1, 0.15) is 5.75 Å². The summed E-state index contributed by atoms with van der Waals surface area (Å²) in [6, 6.07) is 9.10. The molecule has 0 saturated heterocycles. The highest BCUT2D eigenvalue weighted by atomic mass is 16.5. The third kappa shape index (κ3) is 3.38. The van der Waals surface area contributed by atoms with E-state index >= 15 is 0 Å². The van der Waals surface area contributed by atoms with Gasteiger partial charge in [-0.3, -0.25) is 4.79 Å². The maximum Gasteiger partial charge on any atom is 0.203 e. The summed E-state index contributed by atoms with van der Waals surface area (Å²) in [5.74, 6) is 2.01. The summed E-state index contributed by atoms with van der Waals surface area (Å²) in [7, 11) is 6.24. The number of hydrogen-bond donors (Lipinski definition) is 0. The van der Waals surface area contributed by atoms with Crippen molar-refractivity contribution in [2.45, 2.75) is 19.9 Å². The number of hydrogen-bond acceptors (Lipinski definition) is 5. The summed E-state index contributed by atoms with van der Waals surface area (Å²) in [4.78, 5) is 13.4. The number of nitrogens with zero attached hydrogens (tertiary/aromatic N) is 1. The molecule has 1 heterocycles. The molecule has 2 aromatic carbocycles. The van der Waals surface area contributed by atoms with Crippen molar-refractivity contribution < 1.29 is 23.7 Å². The van der Waals surface area contributed by atoms with E-state index in [1.165, 1.54) is 21.3 Å². The number of methoxy groups -OCH3 is 4. The second-order valence-electron chi connectivity index (χ2n) is 6.36. The van der Waals surface area contributed by atoms with Crippen LogP contribution >= 0.6 is 0 Å². The zero-order valence-corrected chi connectivity index (χ0v) is 16.9. The van der Waals surface area contributed by atoms with Crippen LogP contribution in [0.4, 0.5) is 0 Å². The van der Waals surface area contributed by atoms with Gasteiger partial charge in [0.25, 0.3) is 0 Å². The SMILES string of the molecule is CCCn1cc(C(=O)c2cc(OC)c(OC)c(OC)c2)c2ccc(OC)cc21. The van der Waals surface area contributed by atoms with Crippen LogP contribution in [0, 0.1) is 0 Å². The molecule has 0 unspecified atom stereocenters. The van der Waals surface area contributed by atoms with E-state index in [-0.39, 0.29) is 5.78 Å². The third-order valence-electron chi connectivity index (χ3n) is 4.73. The summed E-state index contributed by atoms with van der Waals surface area (Å²) >= 11 is 0. The molecule has 0 atom stereocenters. The van der Waals surface area contributed by atoms with Crippen molar-refractivity contribution in [1.82, 2.24) is 4.57 Å². The molecule has 0 aliphatic rings. The predicted octanol–water partition coefficient (Wildman–Crippen LogP) is 4.32. The Morgan fingerprint density at radius 3 is 2.14 bits per heavy atom. The van der Waals surface area contributed by atoms with Gasteiger partial charge in [-0.15, -0.1) is 0 Å². The maximum atomic E-state index is 13.4. The third-order valence-corrected chi connectivity index (χ3v) is 4.73. The fourth-order valence-corrected chi connectivity index (χ4v) is 3.37. The zero-order chi connectivity index (χ0) is 20.3. The molecule has 0 spiro atoms. The number of carbonyl (C=O) groups excluding carboxylic acids is 1. The van der Waals surface area contributed by atoms with Crippen molar-refractivity contribution >= 4 is 16.7 Å². The van der Waals surface area contributed by atoms with Gasteiger partial charge in [0.2, 0.25) is 5.75 Å². The number of fused-ring (bicyclic) bond motifs is 1. The second kappa shape index (κ2) is 8.25. The second-order valence-corrected chi connectivity index (χ2v) is 6.36. The Labute approximate surface area is 164 Å². The van der Waals surface area contributed by atoms with Crippen LogP contribution in [0.3, 0.4) is 0 Å². The van der Waals surface area contributed by atoms with Crippen LogP contribution in [-0.4, -0.2) is 38.8 Å². The van der Waals surface area contributed by atoms with E-state index in [4.69, 9.17) is 18.9 Å². The first-order valence-corrected chi connectivity index (χ1v) is 9.09. The summed E-state index contributed by atoms with van der Waals surface area (Å²) in [5.41, 5.74) is 2.07. The number of carbonyl (C=O) groups is 1. The molecular formula is C22H25NO5. The van der Waals surface area contributed by atoms with Gasteiger partial charge in [0.15, 0.2) is 17.3 Å². The van der Waals surface area contributed by atoms with Gasteiger partial charge in [-0.2, -0.15) is 0 Å². The predicted molar refractivity (Wildman–Crippen MR) is 108 cm³/mol. The Balaban J connectivity index is 2.16. The van der Waals surface area contributed by atoms with Crippen molar-refractivity contribution in [3.05, 3.63) is 47.7 Å². The van der Waals surface area contributed by atoms with Gasteiger partial charge in [-0.05, 0) is 30.7 Å². The van der Waals surface area contributed by atoms with Crippen LogP contribution in [-0.2, 0) is 6.54 Å². The molecular weight excluding hydrogens is 358 g/mol. The zero-order valence-electron chi connectivity index (χ0n) is 16.9. The number of rotatable bonds is 8. The quantitative estimate of drug-likeness (QED) is 0.542. The molecule has 1 aromatic heterocycles. The van der Waals surface area contributed by atoms with Gasteiger partial charge in [0.05, 0.1) is 34.0 Å². The molecule has 28 heavy (non-hydrogen) atoms. The van der Waals surface area contributed by atoms with Crippen molar-refractivity contribution in [1.29, 1.82) is 0 Å². The van der Waals surface area contributed by atoms with E-state index in [0.717, 1.165) is 29.6 Å². The molecule has 0 fully saturated rings. The van der Waals surface area contributed by atoms with E-state index in [1.54, 1.807) is 19.2 Å². The molecule has 0 bridgehead atoms. The van der Waals surface area contributed by atoms with E-state index < -0.39 is 0 Å². The lowest BCUT2D eigenvalue weighted by Gasteiger charge is -2.13. The first kappa shape index (κ1) is 19.6. The van der Waals surface area contributed by atoms with E-state index in [9.17, 15) is 4.79 Å². The standard InChI is InChI=1S/C22H25NO5/c1-6-9-23-13-17(16-8-7-15(25-2)12-18(16)23)21(24)14-10-19(26-3)22(28-5)20(11-14)27-4/h7-8,10-13H,6,9H2,1-5H3. The lowest BCUT2D eigenvalue weighted by atomic mass is 10.0. The fraction of sp³-hybridized carbons (Fsp3) is 0.318. The summed E-state index contributed by atoms with van der Waals surface area (Å²) in [5, 5.41) is 0.882. The van der Waals surface area contributed by atoms with Gasteiger partial charge in [0, 0.05) is 35.3 Å². The van der Waals surface area contributed by atoms with Gasteiger partial charge in [-0.25, -0.2) is 0 Å². The lowest BCUT2D eigenvalue weighted by Crippen LogP contribution is -2.04. The van der Waals surface area contributed by atoms with Gasteiger partial charge < -0.3 is 23.5 Å². The molecule has 0 saturated carbocycles.